The van der Waals surface area contributed by atoms with Crippen molar-refractivity contribution in [1.82, 2.24) is 14.9 Å². The van der Waals surface area contributed by atoms with Crippen LogP contribution in [0.25, 0.3) is 11.0 Å². The van der Waals surface area contributed by atoms with Crippen molar-refractivity contribution < 1.29 is 40.3 Å². The third kappa shape index (κ3) is 5.30. The van der Waals surface area contributed by atoms with Crippen molar-refractivity contribution in [2.24, 2.45) is 0 Å². The lowest BCUT2D eigenvalue weighted by molar-refractivity contribution is -0.189. The molecular formula is C21H16ClF7N4O2. The topological polar surface area (TPSA) is 59.4 Å². The van der Waals surface area contributed by atoms with E-state index in [9.17, 15) is 35.5 Å². The van der Waals surface area contributed by atoms with E-state index in [1.807, 2.05) is 0 Å². The number of carbonyl (C=O) groups is 1. The normalized spacial score (nSPS) is 15.0. The predicted octanol–water partition coefficient (Wildman–Crippen LogP) is 4.77. The lowest BCUT2D eigenvalue weighted by Gasteiger charge is -2.29. The highest BCUT2D eigenvalue weighted by atomic mass is 35.5. The molecule has 14 heteroatoms. The number of benzene rings is 2. The van der Waals surface area contributed by atoms with E-state index in [4.69, 9.17) is 11.6 Å². The summed E-state index contributed by atoms with van der Waals surface area (Å²) in [4.78, 5) is 17.5. The minimum absolute atomic E-state index is 0.135. The molecule has 2 heterocycles. The Morgan fingerprint density at radius 2 is 1.77 bits per heavy atom. The molecule has 1 aromatic heterocycles. The second-order valence-electron chi connectivity index (χ2n) is 7.71. The fraction of sp³-hybridized carbons (Fsp3) is 0.333. The minimum Gasteiger partial charge on any atom is -0.417 e. The van der Waals surface area contributed by atoms with Crippen LogP contribution >= 0.6 is 11.6 Å². The highest BCUT2D eigenvalue weighted by molar-refractivity contribution is 6.30. The predicted molar refractivity (Wildman–Crippen MR) is 112 cm³/mol. The largest absolute Gasteiger partial charge is 0.491 e. The molecule has 2 aromatic carbocycles. The smallest absolute Gasteiger partial charge is 0.417 e. The third-order valence-electron chi connectivity index (χ3n) is 5.28. The molecule has 0 atom stereocenters. The van der Waals surface area contributed by atoms with E-state index in [0.717, 1.165) is 6.07 Å². The van der Waals surface area contributed by atoms with Gasteiger partial charge >= 0.3 is 18.3 Å². The van der Waals surface area contributed by atoms with Gasteiger partial charge in [0.15, 0.2) is 5.75 Å². The second-order valence-corrected chi connectivity index (χ2v) is 8.12. The zero-order valence-corrected chi connectivity index (χ0v) is 18.4. The molecule has 1 saturated heterocycles. The van der Waals surface area contributed by atoms with E-state index in [-0.39, 0.29) is 28.5 Å². The van der Waals surface area contributed by atoms with E-state index >= 15 is 0 Å². The molecule has 1 aliphatic rings. The van der Waals surface area contributed by atoms with Crippen LogP contribution in [0.1, 0.15) is 11.1 Å². The van der Waals surface area contributed by atoms with Crippen LogP contribution in [0.5, 0.6) is 5.75 Å². The Bertz CT molecular complexity index is 1270. The summed E-state index contributed by atoms with van der Waals surface area (Å²) in [5.41, 5.74) is -1.52. The minimum atomic E-state index is -5.44. The second kappa shape index (κ2) is 9.19. The Hall–Kier alpha value is -3.06. The van der Waals surface area contributed by atoms with Gasteiger partial charge in [0.25, 0.3) is 0 Å². The van der Waals surface area contributed by atoms with Gasteiger partial charge < -0.3 is 19.5 Å². The van der Waals surface area contributed by atoms with Gasteiger partial charge in [0.1, 0.15) is 11.3 Å². The Morgan fingerprint density at radius 3 is 2.37 bits per heavy atom. The number of alkyl halides is 6. The number of carbonyl (C=O) groups excluding carboxylic acids is 1. The van der Waals surface area contributed by atoms with Crippen LogP contribution in [0.15, 0.2) is 30.3 Å². The molecule has 0 saturated carbocycles. The van der Waals surface area contributed by atoms with Crippen LogP contribution in [0.2, 0.25) is 5.02 Å². The first-order valence-electron chi connectivity index (χ1n) is 10.1. The molecule has 1 aliphatic heterocycles. The Labute approximate surface area is 198 Å². The van der Waals surface area contributed by atoms with Crippen molar-refractivity contribution in [1.29, 1.82) is 0 Å². The Kier molecular flexibility index (Phi) is 6.58. The van der Waals surface area contributed by atoms with Crippen LogP contribution in [-0.2, 0) is 17.5 Å². The van der Waals surface area contributed by atoms with Crippen molar-refractivity contribution in [3.8, 4) is 5.75 Å². The number of hydrogen-bond donors (Lipinski definition) is 1. The van der Waals surface area contributed by atoms with Gasteiger partial charge in [0.2, 0.25) is 5.95 Å². The van der Waals surface area contributed by atoms with Crippen LogP contribution in [0, 0.1) is 5.82 Å². The van der Waals surface area contributed by atoms with Crippen LogP contribution < -0.4 is 15.0 Å². The molecule has 4 rings (SSSR count). The summed E-state index contributed by atoms with van der Waals surface area (Å²) >= 11 is 5.84. The Balaban J connectivity index is 1.93. The molecular weight excluding hydrogens is 509 g/mol. The molecule has 1 fully saturated rings. The number of nitrogens with zero attached hydrogens (tertiary/aromatic N) is 3. The number of rotatable bonds is 4. The van der Waals surface area contributed by atoms with Crippen LogP contribution in [-0.4, -0.2) is 47.9 Å². The lowest BCUT2D eigenvalue weighted by atomic mass is 10.1. The maximum Gasteiger partial charge on any atom is 0.491 e. The monoisotopic (exact) mass is 524 g/mol. The van der Waals surface area contributed by atoms with E-state index in [0.29, 0.717) is 43.9 Å². The van der Waals surface area contributed by atoms with Gasteiger partial charge in [0, 0.05) is 26.2 Å². The maximum absolute atomic E-state index is 13.6. The highest BCUT2D eigenvalue weighted by Gasteiger charge is 2.42. The van der Waals surface area contributed by atoms with Gasteiger partial charge in [-0.1, -0.05) is 17.7 Å². The number of imidazole rings is 1. The molecule has 3 aromatic rings. The number of hydrogen-bond acceptors (Lipinski definition) is 5. The number of ether oxygens (including phenoxy) is 1. The third-order valence-corrected chi connectivity index (χ3v) is 5.57. The highest BCUT2D eigenvalue weighted by Crippen LogP contribution is 2.39. The zero-order valence-electron chi connectivity index (χ0n) is 17.6. The molecule has 0 spiro atoms. The first-order chi connectivity index (χ1) is 16.3. The summed E-state index contributed by atoms with van der Waals surface area (Å²) in [5.74, 6) is -4.22. The summed E-state index contributed by atoms with van der Waals surface area (Å²) in [6, 6.07) is 4.75. The molecule has 0 aliphatic carbocycles. The van der Waals surface area contributed by atoms with Crippen molar-refractivity contribution in [3.63, 3.8) is 0 Å². The van der Waals surface area contributed by atoms with Gasteiger partial charge in [0.05, 0.1) is 22.6 Å². The standard InChI is InChI=1S/C21H16ClF7N4O2/c22-13-7-11(1-2-14(13)23)10-33-15-8-12(20(24,25)26)9-16(35-18(34)21(27,28)29)17(15)31-19(33)32-5-3-30-4-6-32/h1-2,7-9,30H,3-6,10H2. The number of aromatic nitrogens is 2. The van der Waals surface area contributed by atoms with E-state index in [2.05, 4.69) is 15.0 Å². The summed E-state index contributed by atoms with van der Waals surface area (Å²) in [7, 11) is 0. The fourth-order valence-corrected chi connectivity index (χ4v) is 3.86. The molecule has 188 valence electrons. The zero-order chi connectivity index (χ0) is 25.5. The summed E-state index contributed by atoms with van der Waals surface area (Å²) in [5, 5.41) is 2.89. The van der Waals surface area contributed by atoms with Gasteiger partial charge in [-0.15, -0.1) is 0 Å². The average molecular weight is 525 g/mol. The summed E-state index contributed by atoms with van der Waals surface area (Å²) < 4.78 is 98.6. The summed E-state index contributed by atoms with van der Waals surface area (Å²) in [6.45, 7) is 1.71. The van der Waals surface area contributed by atoms with Gasteiger partial charge in [-0.2, -0.15) is 26.3 Å². The number of nitrogens with one attached hydrogen (secondary N) is 1. The van der Waals surface area contributed by atoms with Crippen LogP contribution in [0.4, 0.5) is 36.7 Å². The molecule has 0 unspecified atom stereocenters. The molecule has 35 heavy (non-hydrogen) atoms. The lowest BCUT2D eigenvalue weighted by Crippen LogP contribution is -2.44. The number of anilines is 1. The fourth-order valence-electron chi connectivity index (χ4n) is 3.66. The molecule has 0 amide bonds. The van der Waals surface area contributed by atoms with Crippen molar-refractivity contribution in [2.45, 2.75) is 18.9 Å². The first kappa shape index (κ1) is 25.0. The van der Waals surface area contributed by atoms with Gasteiger partial charge in [-0.3, -0.25) is 0 Å². The summed E-state index contributed by atoms with van der Waals surface area (Å²) in [6.07, 6.45) is -10.4. The number of piperazine rings is 1. The molecule has 0 bridgehead atoms. The van der Waals surface area contributed by atoms with Gasteiger partial charge in [-0.05, 0) is 29.8 Å². The van der Waals surface area contributed by atoms with E-state index in [1.165, 1.54) is 16.7 Å². The quantitative estimate of drug-likeness (QED) is 0.303. The first-order valence-corrected chi connectivity index (χ1v) is 10.5. The molecule has 6 nitrogen and oxygen atoms in total. The van der Waals surface area contributed by atoms with Crippen molar-refractivity contribution in [3.05, 3.63) is 52.3 Å². The maximum atomic E-state index is 13.6. The number of esters is 1. The average Bonchev–Trinajstić information content (AvgIpc) is 3.14. The van der Waals surface area contributed by atoms with E-state index in [1.54, 1.807) is 4.90 Å². The molecule has 0 radical (unpaired) electrons. The SMILES string of the molecule is O=C(Oc1cc(C(F)(F)F)cc2c1nc(N1CCNCC1)n2Cc1ccc(F)c(Cl)c1)C(F)(F)F. The van der Waals surface area contributed by atoms with Gasteiger partial charge in [-0.25, -0.2) is 14.2 Å². The Morgan fingerprint density at radius 1 is 1.09 bits per heavy atom. The van der Waals surface area contributed by atoms with Crippen molar-refractivity contribution >= 4 is 34.6 Å². The van der Waals surface area contributed by atoms with E-state index < -0.39 is 35.5 Å². The number of fused-ring (bicyclic) bond motifs is 1. The van der Waals surface area contributed by atoms with Crippen LogP contribution in [0.3, 0.4) is 0 Å². The molecule has 1 N–H and O–H groups in total. The number of halogens is 8. The van der Waals surface area contributed by atoms with Crippen molar-refractivity contribution in [2.75, 3.05) is 31.1 Å².